The van der Waals surface area contributed by atoms with Crippen molar-refractivity contribution >= 4 is 17.8 Å². The lowest BCUT2D eigenvalue weighted by atomic mass is 9.78. The fourth-order valence-corrected chi connectivity index (χ4v) is 3.03. The molecule has 0 aliphatic heterocycles. The lowest BCUT2D eigenvalue weighted by Crippen LogP contribution is -2.38. The molecule has 0 spiro atoms. The van der Waals surface area contributed by atoms with E-state index < -0.39 is 11.4 Å². The fraction of sp³-hybridized carbons (Fsp3) is 0.368. The number of hydrogen-bond acceptors (Lipinski definition) is 3. The van der Waals surface area contributed by atoms with Crippen LogP contribution in [0.5, 0.6) is 0 Å². The van der Waals surface area contributed by atoms with Gasteiger partial charge in [0.15, 0.2) is 5.78 Å². The third-order valence-corrected chi connectivity index (χ3v) is 4.39. The Balaban J connectivity index is 2.33. The van der Waals surface area contributed by atoms with Crippen molar-refractivity contribution in [1.29, 1.82) is 0 Å². The predicted octanol–water partition coefficient (Wildman–Crippen LogP) is 3.95. The second-order valence-corrected chi connectivity index (χ2v) is 5.58. The number of carbonyl (C=O) groups is 2. The summed E-state index contributed by atoms with van der Waals surface area (Å²) in [6.45, 7) is 5.40. The Hall–Kier alpha value is -2.16. The van der Waals surface area contributed by atoms with Crippen molar-refractivity contribution in [3.05, 3.63) is 53.1 Å². The van der Waals surface area contributed by atoms with E-state index in [1.807, 2.05) is 49.4 Å². The maximum atomic E-state index is 12.3. The minimum Gasteiger partial charge on any atom is -0.465 e. The summed E-state index contributed by atoms with van der Waals surface area (Å²) in [5, 5.41) is 0. The van der Waals surface area contributed by atoms with Gasteiger partial charge in [-0.15, -0.1) is 0 Å². The van der Waals surface area contributed by atoms with Crippen molar-refractivity contribution in [1.82, 2.24) is 0 Å². The molecule has 0 fully saturated rings. The van der Waals surface area contributed by atoms with Crippen LogP contribution < -0.4 is 0 Å². The molecule has 1 atom stereocenters. The van der Waals surface area contributed by atoms with Gasteiger partial charge in [-0.3, -0.25) is 9.59 Å². The second-order valence-electron chi connectivity index (χ2n) is 5.58. The van der Waals surface area contributed by atoms with Crippen LogP contribution in [0, 0.1) is 5.41 Å². The van der Waals surface area contributed by atoms with Gasteiger partial charge in [-0.2, -0.15) is 0 Å². The van der Waals surface area contributed by atoms with Crippen molar-refractivity contribution in [3.8, 4) is 0 Å². The lowest BCUT2D eigenvalue weighted by molar-refractivity contribution is -0.156. The Morgan fingerprint density at radius 1 is 1.23 bits per heavy atom. The monoisotopic (exact) mass is 298 g/mol. The normalized spacial score (nSPS) is 21.4. The number of benzene rings is 1. The molecule has 0 saturated carbocycles. The van der Waals surface area contributed by atoms with Crippen molar-refractivity contribution in [2.45, 2.75) is 33.6 Å². The maximum absolute atomic E-state index is 12.3. The van der Waals surface area contributed by atoms with Gasteiger partial charge in [0, 0.05) is 0 Å². The smallest absolute Gasteiger partial charge is 0.323 e. The first-order chi connectivity index (χ1) is 10.5. The number of carbonyl (C=O) groups excluding carboxylic acids is 2. The van der Waals surface area contributed by atoms with Crippen LogP contribution in [0.4, 0.5) is 0 Å². The fourth-order valence-electron chi connectivity index (χ4n) is 3.03. The molecule has 1 aliphatic carbocycles. The minimum atomic E-state index is -1.09. The summed E-state index contributed by atoms with van der Waals surface area (Å²) in [5.41, 5.74) is 1.88. The van der Waals surface area contributed by atoms with E-state index in [-0.39, 0.29) is 12.4 Å². The van der Waals surface area contributed by atoms with Crippen LogP contribution >= 0.6 is 0 Å². The van der Waals surface area contributed by atoms with Crippen LogP contribution in [0.25, 0.3) is 6.08 Å². The summed E-state index contributed by atoms with van der Waals surface area (Å²) in [6.07, 6.45) is 5.24. The summed E-state index contributed by atoms with van der Waals surface area (Å²) in [7, 11) is 0. The summed E-state index contributed by atoms with van der Waals surface area (Å²) in [5.74, 6) is -0.547. The number of rotatable bonds is 5. The van der Waals surface area contributed by atoms with Crippen molar-refractivity contribution in [3.63, 3.8) is 0 Å². The van der Waals surface area contributed by atoms with Gasteiger partial charge in [0.2, 0.25) is 0 Å². The van der Waals surface area contributed by atoms with Gasteiger partial charge in [-0.05, 0) is 50.3 Å². The zero-order valence-corrected chi connectivity index (χ0v) is 13.4. The summed E-state index contributed by atoms with van der Waals surface area (Å²) in [6, 6.07) is 9.97. The third-order valence-electron chi connectivity index (χ3n) is 4.39. The van der Waals surface area contributed by atoms with Gasteiger partial charge in [0.25, 0.3) is 0 Å². The summed E-state index contributed by atoms with van der Waals surface area (Å²) >= 11 is 0. The standard InChI is InChI=1S/C19H22O3/c1-4-22-18(21)19(15(3)20)13-12-17(14(19)2)11-10-16-8-6-5-7-9-16/h5-11H,4,12-13H2,1-3H3/b11-10+. The molecule has 2 rings (SSSR count). The quantitative estimate of drug-likeness (QED) is 0.610. The molecule has 0 amide bonds. The number of Topliss-reactive ketones (excluding diaryl/α,β-unsaturated/α-hetero) is 1. The van der Waals surface area contributed by atoms with Crippen LogP contribution in [-0.4, -0.2) is 18.4 Å². The third kappa shape index (κ3) is 2.89. The molecule has 1 aromatic rings. The van der Waals surface area contributed by atoms with Gasteiger partial charge in [0.05, 0.1) is 6.61 Å². The van der Waals surface area contributed by atoms with Crippen molar-refractivity contribution in [2.24, 2.45) is 5.41 Å². The largest absolute Gasteiger partial charge is 0.465 e. The molecule has 1 unspecified atom stereocenters. The van der Waals surface area contributed by atoms with E-state index in [1.165, 1.54) is 6.92 Å². The topological polar surface area (TPSA) is 43.4 Å². The first kappa shape index (κ1) is 16.2. The van der Waals surface area contributed by atoms with E-state index in [2.05, 4.69) is 0 Å². The Labute approximate surface area is 131 Å². The Morgan fingerprint density at radius 2 is 1.91 bits per heavy atom. The van der Waals surface area contributed by atoms with Gasteiger partial charge < -0.3 is 4.74 Å². The Kier molecular flexibility index (Phi) is 4.96. The molecule has 0 radical (unpaired) electrons. The van der Waals surface area contributed by atoms with E-state index >= 15 is 0 Å². The molecule has 3 nitrogen and oxygen atoms in total. The number of esters is 1. The Bertz CT molecular complexity index is 625. The van der Waals surface area contributed by atoms with Gasteiger partial charge >= 0.3 is 5.97 Å². The van der Waals surface area contributed by atoms with E-state index in [9.17, 15) is 9.59 Å². The first-order valence-electron chi connectivity index (χ1n) is 7.64. The molecule has 1 aliphatic rings. The SMILES string of the molecule is CCOC(=O)C1(C(C)=O)CCC(/C=C/c2ccccc2)=C1C. The van der Waals surface area contributed by atoms with Gasteiger partial charge in [-0.1, -0.05) is 42.5 Å². The van der Waals surface area contributed by atoms with Crippen LogP contribution in [-0.2, 0) is 14.3 Å². The second kappa shape index (κ2) is 6.73. The highest BCUT2D eigenvalue weighted by Crippen LogP contribution is 2.45. The summed E-state index contributed by atoms with van der Waals surface area (Å²) < 4.78 is 5.15. The molecule has 0 aromatic heterocycles. The zero-order chi connectivity index (χ0) is 16.2. The van der Waals surface area contributed by atoms with Crippen LogP contribution in [0.15, 0.2) is 47.6 Å². The maximum Gasteiger partial charge on any atom is 0.323 e. The average Bonchev–Trinajstić information content (AvgIpc) is 2.84. The number of ether oxygens (including phenoxy) is 1. The Morgan fingerprint density at radius 3 is 2.50 bits per heavy atom. The van der Waals surface area contributed by atoms with Gasteiger partial charge in [-0.25, -0.2) is 0 Å². The minimum absolute atomic E-state index is 0.133. The molecule has 116 valence electrons. The van der Waals surface area contributed by atoms with E-state index in [4.69, 9.17) is 4.74 Å². The first-order valence-corrected chi connectivity index (χ1v) is 7.64. The summed E-state index contributed by atoms with van der Waals surface area (Å²) in [4.78, 5) is 24.5. The highest BCUT2D eigenvalue weighted by Gasteiger charge is 2.49. The highest BCUT2D eigenvalue weighted by molar-refractivity contribution is 6.06. The number of allylic oxidation sites excluding steroid dienone is 2. The van der Waals surface area contributed by atoms with Crippen LogP contribution in [0.1, 0.15) is 39.2 Å². The van der Waals surface area contributed by atoms with Crippen LogP contribution in [0.3, 0.4) is 0 Å². The molecule has 0 N–H and O–H groups in total. The van der Waals surface area contributed by atoms with Crippen LogP contribution in [0.2, 0.25) is 0 Å². The molecular weight excluding hydrogens is 276 g/mol. The number of hydrogen-bond donors (Lipinski definition) is 0. The predicted molar refractivity (Wildman–Crippen MR) is 87.2 cm³/mol. The molecule has 1 aromatic carbocycles. The van der Waals surface area contributed by atoms with E-state index in [0.29, 0.717) is 12.8 Å². The van der Waals surface area contributed by atoms with Crippen molar-refractivity contribution in [2.75, 3.05) is 6.61 Å². The average molecular weight is 298 g/mol. The molecule has 3 heteroatoms. The van der Waals surface area contributed by atoms with E-state index in [1.54, 1.807) is 6.92 Å². The molecular formula is C19H22O3. The molecule has 22 heavy (non-hydrogen) atoms. The molecule has 0 bridgehead atoms. The zero-order valence-electron chi connectivity index (χ0n) is 13.4. The van der Waals surface area contributed by atoms with Crippen molar-refractivity contribution < 1.29 is 14.3 Å². The number of ketones is 1. The highest BCUT2D eigenvalue weighted by atomic mass is 16.5. The molecule has 0 saturated heterocycles. The molecule has 0 heterocycles. The van der Waals surface area contributed by atoms with E-state index in [0.717, 1.165) is 16.7 Å². The van der Waals surface area contributed by atoms with Gasteiger partial charge in [0.1, 0.15) is 5.41 Å². The lowest BCUT2D eigenvalue weighted by Gasteiger charge is -2.25.